The average molecular weight is 539 g/mol. The molecule has 0 fully saturated rings. The predicted molar refractivity (Wildman–Crippen MR) is 132 cm³/mol. The summed E-state index contributed by atoms with van der Waals surface area (Å²) in [6.45, 7) is 0.935. The van der Waals surface area contributed by atoms with Crippen molar-refractivity contribution in [2.75, 3.05) is 18.1 Å². The molecule has 8 nitrogen and oxygen atoms in total. The highest BCUT2D eigenvalue weighted by atomic mass is 35.5. The number of hydrogen-bond donors (Lipinski definition) is 2. The molecule has 35 heavy (non-hydrogen) atoms. The number of aliphatic carboxylic acids is 1. The number of ketones is 1. The van der Waals surface area contributed by atoms with E-state index in [1.54, 1.807) is 25.1 Å². The molecule has 3 aromatic rings. The van der Waals surface area contributed by atoms with E-state index >= 15 is 0 Å². The van der Waals surface area contributed by atoms with Crippen LogP contribution in [0.5, 0.6) is 17.2 Å². The summed E-state index contributed by atoms with van der Waals surface area (Å²) < 4.78 is 10.7. The van der Waals surface area contributed by atoms with E-state index in [2.05, 4.69) is 0 Å². The van der Waals surface area contributed by atoms with Crippen LogP contribution in [0.4, 0.5) is 10.5 Å². The number of carboxylic acids is 1. The predicted octanol–water partition coefficient (Wildman–Crippen LogP) is 6.42. The summed E-state index contributed by atoms with van der Waals surface area (Å²) in [5, 5.41) is 19.6. The minimum absolute atomic E-state index is 0.0111. The number of nitrogens with zero attached hydrogens (tertiary/aromatic N) is 1. The van der Waals surface area contributed by atoms with Crippen LogP contribution in [0.15, 0.2) is 54.6 Å². The highest BCUT2D eigenvalue weighted by Crippen LogP contribution is 2.40. The number of aromatic hydroxyl groups is 1. The van der Waals surface area contributed by atoms with Gasteiger partial charge in [-0.2, -0.15) is 0 Å². The zero-order chi connectivity index (χ0) is 25.7. The van der Waals surface area contributed by atoms with E-state index in [1.807, 2.05) is 0 Å². The van der Waals surface area contributed by atoms with Crippen LogP contribution >= 0.6 is 34.8 Å². The molecule has 3 rings (SSSR count). The largest absolute Gasteiger partial charge is 0.507 e. The van der Waals surface area contributed by atoms with Gasteiger partial charge in [-0.3, -0.25) is 14.5 Å². The van der Waals surface area contributed by atoms with Crippen molar-refractivity contribution in [3.8, 4) is 17.2 Å². The van der Waals surface area contributed by atoms with Gasteiger partial charge in [-0.05, 0) is 49.4 Å². The van der Waals surface area contributed by atoms with Crippen molar-refractivity contribution in [1.82, 2.24) is 0 Å². The average Bonchev–Trinajstić information content (AvgIpc) is 2.80. The standard InChI is InChI=1S/C24H18Cl3NO7/c1-2-34-24(33)28(12-21(30)31)15-9-18(26)23(19(27)10-15)35-16-6-7-20(29)17(11-16)22(32)13-4-3-5-14(25)8-13/h3-11,29H,2,12H2,1H3,(H,30,31). The highest BCUT2D eigenvalue weighted by Gasteiger charge is 2.23. The van der Waals surface area contributed by atoms with Gasteiger partial charge in [-0.1, -0.05) is 46.9 Å². The van der Waals surface area contributed by atoms with Crippen LogP contribution < -0.4 is 9.64 Å². The molecule has 0 aliphatic rings. The van der Waals surface area contributed by atoms with E-state index < -0.39 is 24.4 Å². The number of rotatable bonds is 8. The maximum absolute atomic E-state index is 12.9. The number of halogens is 3. The van der Waals surface area contributed by atoms with Crippen LogP contribution in [-0.4, -0.2) is 41.2 Å². The third-order valence-electron chi connectivity index (χ3n) is 4.60. The van der Waals surface area contributed by atoms with Crippen molar-refractivity contribution >= 4 is 58.3 Å². The first-order valence-electron chi connectivity index (χ1n) is 10.1. The molecule has 182 valence electrons. The summed E-state index contributed by atoms with van der Waals surface area (Å²) in [6, 6.07) is 12.8. The van der Waals surface area contributed by atoms with Gasteiger partial charge in [0.05, 0.1) is 27.9 Å². The van der Waals surface area contributed by atoms with E-state index in [0.29, 0.717) is 5.02 Å². The lowest BCUT2D eigenvalue weighted by Gasteiger charge is -2.21. The molecule has 0 unspecified atom stereocenters. The Bertz CT molecular complexity index is 1270. The van der Waals surface area contributed by atoms with E-state index in [-0.39, 0.29) is 50.7 Å². The second-order valence-corrected chi connectivity index (χ2v) is 8.29. The third kappa shape index (κ3) is 6.36. The molecule has 3 aromatic carbocycles. The number of carbonyl (C=O) groups is 3. The summed E-state index contributed by atoms with van der Waals surface area (Å²) in [5.41, 5.74) is 0.308. The minimum atomic E-state index is -1.27. The molecule has 11 heteroatoms. The molecule has 0 aromatic heterocycles. The van der Waals surface area contributed by atoms with Crippen molar-refractivity contribution in [2.45, 2.75) is 6.92 Å². The smallest absolute Gasteiger partial charge is 0.414 e. The van der Waals surface area contributed by atoms with Gasteiger partial charge >= 0.3 is 12.1 Å². The maximum atomic E-state index is 12.9. The summed E-state index contributed by atoms with van der Waals surface area (Å²) >= 11 is 18.6. The lowest BCUT2D eigenvalue weighted by Crippen LogP contribution is -2.36. The summed E-state index contributed by atoms with van der Waals surface area (Å²) in [7, 11) is 0. The maximum Gasteiger partial charge on any atom is 0.414 e. The van der Waals surface area contributed by atoms with Crippen LogP contribution in [0.25, 0.3) is 0 Å². The van der Waals surface area contributed by atoms with Gasteiger partial charge < -0.3 is 19.7 Å². The minimum Gasteiger partial charge on any atom is -0.507 e. The molecule has 0 heterocycles. The van der Waals surface area contributed by atoms with E-state index in [4.69, 9.17) is 49.4 Å². The lowest BCUT2D eigenvalue weighted by atomic mass is 10.0. The first kappa shape index (κ1) is 26.2. The van der Waals surface area contributed by atoms with Gasteiger partial charge in [0.15, 0.2) is 11.5 Å². The Balaban J connectivity index is 1.93. The number of benzene rings is 3. The monoisotopic (exact) mass is 537 g/mol. The number of ether oxygens (including phenoxy) is 2. The Morgan fingerprint density at radius 3 is 2.26 bits per heavy atom. The third-order valence-corrected chi connectivity index (χ3v) is 5.39. The number of carbonyl (C=O) groups excluding carboxylic acids is 2. The highest BCUT2D eigenvalue weighted by molar-refractivity contribution is 6.37. The van der Waals surface area contributed by atoms with Crippen LogP contribution in [0.2, 0.25) is 15.1 Å². The SMILES string of the molecule is CCOC(=O)N(CC(=O)O)c1cc(Cl)c(Oc2ccc(O)c(C(=O)c3cccc(Cl)c3)c2)c(Cl)c1. The Labute approximate surface area is 215 Å². The summed E-state index contributed by atoms with van der Waals surface area (Å²) in [6.07, 6.45) is -0.890. The van der Waals surface area contributed by atoms with Crippen molar-refractivity contribution < 1.29 is 34.1 Å². The molecule has 0 aliphatic heterocycles. The van der Waals surface area contributed by atoms with E-state index in [1.165, 1.54) is 36.4 Å². The second-order valence-electron chi connectivity index (χ2n) is 7.04. The number of carboxylic acid groups (broad SMARTS) is 1. The van der Waals surface area contributed by atoms with Crippen LogP contribution in [-0.2, 0) is 9.53 Å². The van der Waals surface area contributed by atoms with E-state index in [9.17, 15) is 19.5 Å². The number of phenolic OH excluding ortho intramolecular Hbond substituents is 1. The molecule has 2 N–H and O–H groups in total. The number of anilines is 1. The molecule has 0 saturated carbocycles. The number of phenols is 1. The molecule has 0 saturated heterocycles. The molecule has 0 bridgehead atoms. The summed E-state index contributed by atoms with van der Waals surface area (Å²) in [5.74, 6) is -1.90. The molecule has 0 aliphatic carbocycles. The van der Waals surface area contributed by atoms with Crippen LogP contribution in [0.3, 0.4) is 0 Å². The number of hydrogen-bond acceptors (Lipinski definition) is 6. The van der Waals surface area contributed by atoms with Gasteiger partial charge in [-0.25, -0.2) is 4.79 Å². The zero-order valence-electron chi connectivity index (χ0n) is 18.1. The Morgan fingerprint density at radius 1 is 0.971 bits per heavy atom. The molecule has 0 radical (unpaired) electrons. The fourth-order valence-corrected chi connectivity index (χ4v) is 3.80. The fraction of sp³-hybridized carbons (Fsp3) is 0.125. The molecule has 0 atom stereocenters. The molecule has 1 amide bonds. The Hall–Kier alpha value is -3.46. The van der Waals surface area contributed by atoms with Gasteiger partial charge in [-0.15, -0.1) is 0 Å². The Kier molecular flexibility index (Phi) is 8.45. The van der Waals surface area contributed by atoms with E-state index in [0.717, 1.165) is 4.90 Å². The van der Waals surface area contributed by atoms with Gasteiger partial charge in [0, 0.05) is 10.6 Å². The van der Waals surface area contributed by atoms with Crippen molar-refractivity contribution in [3.05, 3.63) is 80.8 Å². The Morgan fingerprint density at radius 2 is 1.66 bits per heavy atom. The van der Waals surface area contributed by atoms with Crippen molar-refractivity contribution in [3.63, 3.8) is 0 Å². The van der Waals surface area contributed by atoms with Gasteiger partial charge in [0.25, 0.3) is 0 Å². The van der Waals surface area contributed by atoms with Crippen LogP contribution in [0, 0.1) is 0 Å². The summed E-state index contributed by atoms with van der Waals surface area (Å²) in [4.78, 5) is 37.1. The zero-order valence-corrected chi connectivity index (χ0v) is 20.4. The fourth-order valence-electron chi connectivity index (χ4n) is 3.06. The van der Waals surface area contributed by atoms with Gasteiger partial charge in [0.1, 0.15) is 18.0 Å². The second kappa shape index (κ2) is 11.3. The van der Waals surface area contributed by atoms with Crippen LogP contribution in [0.1, 0.15) is 22.8 Å². The topological polar surface area (TPSA) is 113 Å². The van der Waals surface area contributed by atoms with Crippen molar-refractivity contribution in [2.24, 2.45) is 0 Å². The van der Waals surface area contributed by atoms with Gasteiger partial charge in [0.2, 0.25) is 0 Å². The molecular formula is C24H18Cl3NO7. The quantitative estimate of drug-likeness (QED) is 0.318. The van der Waals surface area contributed by atoms with Crippen molar-refractivity contribution in [1.29, 1.82) is 0 Å². The molecular weight excluding hydrogens is 521 g/mol. The lowest BCUT2D eigenvalue weighted by molar-refractivity contribution is -0.135. The number of amides is 1. The first-order valence-corrected chi connectivity index (χ1v) is 11.2. The first-order chi connectivity index (χ1) is 16.6. The molecule has 0 spiro atoms. The normalized spacial score (nSPS) is 10.5.